The van der Waals surface area contributed by atoms with Crippen LogP contribution in [0.2, 0.25) is 11.6 Å². The van der Waals surface area contributed by atoms with E-state index in [9.17, 15) is 0 Å². The van der Waals surface area contributed by atoms with Gasteiger partial charge in [-0.25, -0.2) is 0 Å². The average molecular weight is 256 g/mol. The van der Waals surface area contributed by atoms with Crippen molar-refractivity contribution in [1.29, 1.82) is 0 Å². The molecule has 0 bridgehead atoms. The zero-order chi connectivity index (χ0) is 10.7. The van der Waals surface area contributed by atoms with E-state index < -0.39 is 14.5 Å². The van der Waals surface area contributed by atoms with Gasteiger partial charge in [0.05, 0.1) is 0 Å². The molecule has 2 aliphatic rings. The molecule has 4 heteroatoms. The largest absolute Gasteiger partial charge is 0.498 e. The maximum atomic E-state index is 6.05. The van der Waals surface area contributed by atoms with Gasteiger partial charge in [0.2, 0.25) is 0 Å². The van der Waals surface area contributed by atoms with Crippen molar-refractivity contribution in [3.8, 4) is 0 Å². The lowest BCUT2D eigenvalue weighted by molar-refractivity contribution is 0.191. The van der Waals surface area contributed by atoms with Gasteiger partial charge in [0.15, 0.2) is 0 Å². The van der Waals surface area contributed by atoms with Crippen molar-refractivity contribution in [2.75, 3.05) is 11.5 Å². The first kappa shape index (κ1) is 12.1. The molecule has 0 saturated carbocycles. The zero-order valence-corrected chi connectivity index (χ0v) is 12.1. The number of hydrogen-bond acceptors (Lipinski definition) is 3. The molecule has 0 aromatic rings. The molecule has 2 atom stereocenters. The van der Waals surface area contributed by atoms with E-state index in [2.05, 4.69) is 29.8 Å². The van der Waals surface area contributed by atoms with Crippen molar-refractivity contribution in [2.24, 2.45) is 5.92 Å². The van der Waals surface area contributed by atoms with Crippen LogP contribution in [0, 0.1) is 5.92 Å². The third-order valence-electron chi connectivity index (χ3n) is 2.50. The summed E-state index contributed by atoms with van der Waals surface area (Å²) in [4.78, 5) is 0. The Morgan fingerprint density at radius 2 is 2.13 bits per heavy atom. The molecule has 1 saturated heterocycles. The van der Waals surface area contributed by atoms with Crippen LogP contribution in [0.25, 0.3) is 0 Å². The highest BCUT2D eigenvalue weighted by Gasteiger charge is 2.24. The van der Waals surface area contributed by atoms with Gasteiger partial charge < -0.3 is 3.79 Å². The minimum Gasteiger partial charge on any atom is -0.498 e. The van der Waals surface area contributed by atoms with Gasteiger partial charge in [-0.2, -0.15) is 0 Å². The zero-order valence-electron chi connectivity index (χ0n) is 9.31. The quantitative estimate of drug-likeness (QED) is 0.565. The Bertz CT molecular complexity index is 268. The highest BCUT2D eigenvalue weighted by atomic mass is 32.2. The molecule has 1 aliphatic heterocycles. The Labute approximate surface area is 105 Å². The molecule has 1 fully saturated rings. The Morgan fingerprint density at radius 1 is 1.40 bits per heavy atom. The van der Waals surface area contributed by atoms with Gasteiger partial charge in [0.1, 0.15) is 0 Å². The second kappa shape index (κ2) is 5.84. The average Bonchev–Trinajstić information content (AvgIpc) is 2.78. The highest BCUT2D eigenvalue weighted by Crippen LogP contribution is 2.38. The smallest absolute Gasteiger partial charge is 0.454 e. The van der Waals surface area contributed by atoms with E-state index in [1.165, 1.54) is 15.7 Å². The van der Waals surface area contributed by atoms with E-state index in [0.717, 1.165) is 6.42 Å². The minimum atomic E-state index is -0.892. The summed E-state index contributed by atoms with van der Waals surface area (Å²) >= 11 is 3.10. The molecule has 0 spiro atoms. The standard InChI is InChI=1S/C9H11OS2.2CH3.Al/c10-8-3-1-2-7(8)6-9-11-4-5-12-9;;;/h1-2,6-8H,3-5H2;2*1H3;/q-1;;;+1/t7-,8-;;;/m0.../s1. The summed E-state index contributed by atoms with van der Waals surface area (Å²) in [5.74, 6) is 7.59. The maximum Gasteiger partial charge on any atom is 0.454 e. The van der Waals surface area contributed by atoms with E-state index in [0.29, 0.717) is 12.0 Å². The fourth-order valence-electron chi connectivity index (χ4n) is 1.89. The van der Waals surface area contributed by atoms with Gasteiger partial charge in [0, 0.05) is 27.8 Å². The molecule has 0 amide bonds. The molecule has 15 heavy (non-hydrogen) atoms. The summed E-state index contributed by atoms with van der Waals surface area (Å²) < 4.78 is 7.55. The Morgan fingerprint density at radius 3 is 2.80 bits per heavy atom. The van der Waals surface area contributed by atoms with Crippen molar-refractivity contribution in [3.05, 3.63) is 22.5 Å². The van der Waals surface area contributed by atoms with Crippen LogP contribution in [0.5, 0.6) is 0 Å². The molecule has 1 heterocycles. The minimum absolute atomic E-state index is 0.436. The fourth-order valence-corrected chi connectivity index (χ4v) is 5.29. The Balaban J connectivity index is 1.94. The summed E-state index contributed by atoms with van der Waals surface area (Å²) in [7, 11) is 0. The van der Waals surface area contributed by atoms with E-state index in [-0.39, 0.29) is 0 Å². The molecular formula is C11H17AlOS2. The highest BCUT2D eigenvalue weighted by molar-refractivity contribution is 8.25. The first-order valence-corrected chi connectivity index (χ1v) is 10.3. The lowest BCUT2D eigenvalue weighted by Gasteiger charge is -2.20. The first-order chi connectivity index (χ1) is 7.25. The second-order valence-corrected chi connectivity index (χ2v) is 9.05. The third-order valence-corrected chi connectivity index (χ3v) is 6.02. The van der Waals surface area contributed by atoms with Crippen molar-refractivity contribution >= 4 is 38.0 Å². The van der Waals surface area contributed by atoms with Gasteiger partial charge in [-0.05, 0) is 6.42 Å². The predicted molar refractivity (Wildman–Crippen MR) is 72.6 cm³/mol. The summed E-state index contributed by atoms with van der Waals surface area (Å²) in [6.45, 7) is 0. The van der Waals surface area contributed by atoms with Crippen LogP contribution >= 0.6 is 23.5 Å². The van der Waals surface area contributed by atoms with Gasteiger partial charge in [-0.1, -0.05) is 29.8 Å². The second-order valence-electron chi connectivity index (χ2n) is 4.15. The molecule has 1 aliphatic carbocycles. The Kier molecular flexibility index (Phi) is 4.73. The van der Waals surface area contributed by atoms with Crippen LogP contribution < -0.4 is 0 Å². The van der Waals surface area contributed by atoms with Gasteiger partial charge >= 0.3 is 14.5 Å². The third kappa shape index (κ3) is 3.58. The van der Waals surface area contributed by atoms with Crippen LogP contribution in [-0.4, -0.2) is 32.1 Å². The van der Waals surface area contributed by atoms with Gasteiger partial charge in [-0.15, -0.1) is 23.5 Å². The van der Waals surface area contributed by atoms with Crippen molar-refractivity contribution in [3.63, 3.8) is 0 Å². The molecule has 82 valence electrons. The molecule has 2 rings (SSSR count). The lowest BCUT2D eigenvalue weighted by atomic mass is 10.1. The van der Waals surface area contributed by atoms with Gasteiger partial charge in [0.25, 0.3) is 0 Å². The van der Waals surface area contributed by atoms with Crippen LogP contribution in [0.4, 0.5) is 0 Å². The molecule has 0 radical (unpaired) electrons. The predicted octanol–water partition coefficient (Wildman–Crippen LogP) is 3.52. The normalized spacial score (nSPS) is 29.9. The van der Waals surface area contributed by atoms with Crippen LogP contribution in [0.15, 0.2) is 22.5 Å². The van der Waals surface area contributed by atoms with Crippen molar-refractivity contribution in [1.82, 2.24) is 0 Å². The van der Waals surface area contributed by atoms with E-state index >= 15 is 0 Å². The number of rotatable bonds is 3. The number of thioether (sulfide) groups is 2. The Hall–Kier alpha value is 0.672. The van der Waals surface area contributed by atoms with Crippen molar-refractivity contribution < 1.29 is 3.79 Å². The van der Waals surface area contributed by atoms with Crippen LogP contribution in [0.3, 0.4) is 0 Å². The van der Waals surface area contributed by atoms with E-state index in [1.54, 1.807) is 0 Å². The molecular weight excluding hydrogens is 239 g/mol. The van der Waals surface area contributed by atoms with Crippen molar-refractivity contribution in [2.45, 2.75) is 24.1 Å². The summed E-state index contributed by atoms with van der Waals surface area (Å²) in [6.07, 6.45) is 8.54. The monoisotopic (exact) mass is 256 g/mol. The summed E-state index contributed by atoms with van der Waals surface area (Å²) in [5.41, 5.74) is 0. The maximum absolute atomic E-state index is 6.05. The van der Waals surface area contributed by atoms with E-state index in [1.807, 2.05) is 23.5 Å². The SMILES string of the molecule is [CH3][Al]([CH3])[O][C@H]1CC=C[C@H]1C=C1SCCS1. The first-order valence-electron chi connectivity index (χ1n) is 5.55. The van der Waals surface area contributed by atoms with Crippen LogP contribution in [-0.2, 0) is 3.79 Å². The lowest BCUT2D eigenvalue weighted by Crippen LogP contribution is -2.23. The van der Waals surface area contributed by atoms with E-state index in [4.69, 9.17) is 3.79 Å². The van der Waals surface area contributed by atoms with Gasteiger partial charge in [-0.3, -0.25) is 0 Å². The molecule has 0 aromatic carbocycles. The summed E-state index contributed by atoms with van der Waals surface area (Å²) in [5, 5.41) is 0. The summed E-state index contributed by atoms with van der Waals surface area (Å²) in [6, 6.07) is 0. The fraction of sp³-hybridized carbons (Fsp3) is 0.636. The molecule has 0 unspecified atom stereocenters. The topological polar surface area (TPSA) is 9.23 Å². The number of hydrogen-bond donors (Lipinski definition) is 0. The molecule has 0 aromatic heterocycles. The van der Waals surface area contributed by atoms with Crippen LogP contribution in [0.1, 0.15) is 6.42 Å². The molecule has 0 N–H and O–H groups in total. The molecule has 1 nitrogen and oxygen atoms in total.